The van der Waals surface area contributed by atoms with Gasteiger partial charge < -0.3 is 5.32 Å². The molecule has 3 rings (SSSR count). The van der Waals surface area contributed by atoms with E-state index in [-0.39, 0.29) is 11.5 Å². The molecular formula is C23H26ClN3O2. The number of anilines is 1. The summed E-state index contributed by atoms with van der Waals surface area (Å²) in [7, 11) is 0. The number of aryl methyl sites for hydroxylation is 1. The van der Waals surface area contributed by atoms with Crippen molar-refractivity contribution in [2.45, 2.75) is 47.1 Å². The topological polar surface area (TPSA) is 64.0 Å². The van der Waals surface area contributed by atoms with Crippen LogP contribution in [0.5, 0.6) is 0 Å². The summed E-state index contributed by atoms with van der Waals surface area (Å²) in [5.74, 6) is 0.625. The molecule has 0 aliphatic rings. The van der Waals surface area contributed by atoms with Crippen LogP contribution in [0.15, 0.2) is 47.3 Å². The van der Waals surface area contributed by atoms with Gasteiger partial charge in [0.2, 0.25) is 5.91 Å². The minimum absolute atomic E-state index is 0.108. The quantitative estimate of drug-likeness (QED) is 0.640. The van der Waals surface area contributed by atoms with Crippen LogP contribution in [0.2, 0.25) is 5.02 Å². The number of hydrogen-bond donors (Lipinski definition) is 1. The van der Waals surface area contributed by atoms with Crippen molar-refractivity contribution >= 4 is 34.1 Å². The minimum atomic E-state index is -0.525. The summed E-state index contributed by atoms with van der Waals surface area (Å²) in [5.41, 5.74) is 1.42. The summed E-state index contributed by atoms with van der Waals surface area (Å²) in [6, 6.07) is 12.8. The number of fused-ring (bicyclic) bond motifs is 1. The van der Waals surface area contributed by atoms with E-state index in [1.165, 1.54) is 0 Å². The van der Waals surface area contributed by atoms with Crippen LogP contribution in [0.4, 0.5) is 5.69 Å². The number of nitrogens with one attached hydrogen (secondary N) is 1. The fourth-order valence-corrected chi connectivity index (χ4v) is 3.23. The molecule has 1 N–H and O–H groups in total. The van der Waals surface area contributed by atoms with Crippen molar-refractivity contribution in [2.24, 2.45) is 5.41 Å². The molecule has 152 valence electrons. The van der Waals surface area contributed by atoms with Crippen molar-refractivity contribution in [3.63, 3.8) is 0 Å². The summed E-state index contributed by atoms with van der Waals surface area (Å²) >= 11 is 6.32. The molecule has 29 heavy (non-hydrogen) atoms. The molecule has 0 fully saturated rings. The summed E-state index contributed by atoms with van der Waals surface area (Å²) < 4.78 is 1.68. The van der Waals surface area contributed by atoms with E-state index in [0.717, 1.165) is 17.8 Å². The van der Waals surface area contributed by atoms with E-state index in [0.29, 0.717) is 34.6 Å². The second kappa shape index (κ2) is 8.37. The molecule has 3 aromatic rings. The Morgan fingerprint density at radius 3 is 2.55 bits per heavy atom. The normalized spacial score (nSPS) is 11.6. The zero-order valence-corrected chi connectivity index (χ0v) is 18.0. The summed E-state index contributed by atoms with van der Waals surface area (Å²) in [6.07, 6.45) is 1.57. The summed E-state index contributed by atoms with van der Waals surface area (Å²) in [4.78, 5) is 30.4. The Kier molecular flexibility index (Phi) is 6.08. The molecule has 0 unspecified atom stereocenters. The highest BCUT2D eigenvalue weighted by Crippen LogP contribution is 2.21. The second-order valence-corrected chi connectivity index (χ2v) is 8.60. The monoisotopic (exact) mass is 411 g/mol. The number of nitrogens with zero attached hydrogens (tertiary/aromatic N) is 2. The first-order valence-electron chi connectivity index (χ1n) is 9.79. The molecule has 1 amide bonds. The van der Waals surface area contributed by atoms with Crippen LogP contribution >= 0.6 is 11.6 Å². The molecule has 1 heterocycles. The summed E-state index contributed by atoms with van der Waals surface area (Å²) in [5, 5.41) is 3.98. The first-order valence-corrected chi connectivity index (χ1v) is 10.2. The molecular weight excluding hydrogens is 386 g/mol. The van der Waals surface area contributed by atoms with E-state index in [1.54, 1.807) is 22.8 Å². The number of rotatable bonds is 5. The molecule has 0 saturated heterocycles. The Hall–Kier alpha value is -2.66. The lowest BCUT2D eigenvalue weighted by Gasteiger charge is -2.18. The Morgan fingerprint density at radius 1 is 1.17 bits per heavy atom. The van der Waals surface area contributed by atoms with Crippen LogP contribution in [-0.2, 0) is 17.8 Å². The van der Waals surface area contributed by atoms with Crippen LogP contribution in [0.3, 0.4) is 0 Å². The van der Waals surface area contributed by atoms with Gasteiger partial charge in [0.15, 0.2) is 0 Å². The molecule has 2 aromatic carbocycles. The molecule has 0 aliphatic carbocycles. The van der Waals surface area contributed by atoms with Gasteiger partial charge in [0.1, 0.15) is 5.82 Å². The van der Waals surface area contributed by atoms with Crippen LogP contribution in [0.25, 0.3) is 10.9 Å². The van der Waals surface area contributed by atoms with Gasteiger partial charge in [0, 0.05) is 22.5 Å². The number of hydrogen-bond acceptors (Lipinski definition) is 3. The van der Waals surface area contributed by atoms with Gasteiger partial charge in [0.25, 0.3) is 5.56 Å². The number of halogens is 1. The standard InChI is InChI=1S/C23H26ClN3O2/c1-5-8-20-26-19-12-11-16(25-22(29)23(2,3)4)13-17(19)21(28)27(20)14-15-9-6-7-10-18(15)24/h6-7,9-13H,5,8,14H2,1-4H3,(H,25,29). The predicted molar refractivity (Wildman–Crippen MR) is 119 cm³/mol. The second-order valence-electron chi connectivity index (χ2n) is 8.20. The van der Waals surface area contributed by atoms with Gasteiger partial charge in [-0.1, -0.05) is 57.5 Å². The molecule has 0 bridgehead atoms. The SMILES string of the molecule is CCCc1nc2ccc(NC(=O)C(C)(C)C)cc2c(=O)n1Cc1ccccc1Cl. The van der Waals surface area contributed by atoms with Crippen molar-refractivity contribution in [1.82, 2.24) is 9.55 Å². The maximum atomic E-state index is 13.3. The van der Waals surface area contributed by atoms with Crippen LogP contribution < -0.4 is 10.9 Å². The molecule has 0 spiro atoms. The van der Waals surface area contributed by atoms with Gasteiger partial charge in [-0.15, -0.1) is 0 Å². The fraction of sp³-hybridized carbons (Fsp3) is 0.348. The minimum Gasteiger partial charge on any atom is -0.326 e. The van der Waals surface area contributed by atoms with E-state index >= 15 is 0 Å². The first kappa shape index (κ1) is 21.1. The number of aromatic nitrogens is 2. The Labute approximate surface area is 175 Å². The Morgan fingerprint density at radius 2 is 1.90 bits per heavy atom. The Bertz CT molecular complexity index is 1110. The van der Waals surface area contributed by atoms with Crippen LogP contribution in [-0.4, -0.2) is 15.5 Å². The van der Waals surface area contributed by atoms with Gasteiger partial charge in [-0.3, -0.25) is 14.2 Å². The third kappa shape index (κ3) is 4.67. The van der Waals surface area contributed by atoms with Gasteiger partial charge >= 0.3 is 0 Å². The molecule has 1 aromatic heterocycles. The van der Waals surface area contributed by atoms with Crippen LogP contribution in [0, 0.1) is 5.41 Å². The van der Waals surface area contributed by atoms with E-state index in [4.69, 9.17) is 16.6 Å². The van der Waals surface area contributed by atoms with E-state index in [2.05, 4.69) is 12.2 Å². The number of carbonyl (C=O) groups excluding carboxylic acids is 1. The lowest BCUT2D eigenvalue weighted by Crippen LogP contribution is -2.28. The van der Waals surface area contributed by atoms with Crippen molar-refractivity contribution in [3.05, 3.63) is 69.2 Å². The van der Waals surface area contributed by atoms with E-state index in [1.807, 2.05) is 45.0 Å². The van der Waals surface area contributed by atoms with Crippen molar-refractivity contribution in [2.75, 3.05) is 5.32 Å². The van der Waals surface area contributed by atoms with Gasteiger partial charge in [-0.05, 0) is 36.2 Å². The molecule has 5 nitrogen and oxygen atoms in total. The molecule has 6 heteroatoms. The van der Waals surface area contributed by atoms with E-state index < -0.39 is 5.41 Å². The van der Waals surface area contributed by atoms with Crippen molar-refractivity contribution in [3.8, 4) is 0 Å². The first-order chi connectivity index (χ1) is 13.7. The third-order valence-electron chi connectivity index (χ3n) is 4.73. The highest BCUT2D eigenvalue weighted by atomic mass is 35.5. The zero-order chi connectivity index (χ0) is 21.2. The van der Waals surface area contributed by atoms with Crippen LogP contribution in [0.1, 0.15) is 45.5 Å². The third-order valence-corrected chi connectivity index (χ3v) is 5.10. The molecule has 0 aliphatic heterocycles. The lowest BCUT2D eigenvalue weighted by atomic mass is 9.95. The van der Waals surface area contributed by atoms with Crippen molar-refractivity contribution in [1.29, 1.82) is 0 Å². The largest absolute Gasteiger partial charge is 0.326 e. The summed E-state index contributed by atoms with van der Waals surface area (Å²) in [6.45, 7) is 7.95. The fourth-order valence-electron chi connectivity index (χ4n) is 3.04. The smallest absolute Gasteiger partial charge is 0.261 e. The number of benzene rings is 2. The molecule has 0 saturated carbocycles. The predicted octanol–water partition coefficient (Wildman–Crippen LogP) is 5.04. The van der Waals surface area contributed by atoms with E-state index in [9.17, 15) is 9.59 Å². The Balaban J connectivity index is 2.10. The number of amides is 1. The lowest BCUT2D eigenvalue weighted by molar-refractivity contribution is -0.123. The van der Waals surface area contributed by atoms with Crippen molar-refractivity contribution < 1.29 is 4.79 Å². The van der Waals surface area contributed by atoms with Gasteiger partial charge in [-0.25, -0.2) is 4.98 Å². The molecule has 0 atom stereocenters. The zero-order valence-electron chi connectivity index (χ0n) is 17.3. The molecule has 0 radical (unpaired) electrons. The average molecular weight is 412 g/mol. The van der Waals surface area contributed by atoms with Gasteiger partial charge in [-0.2, -0.15) is 0 Å². The van der Waals surface area contributed by atoms with Gasteiger partial charge in [0.05, 0.1) is 17.4 Å². The number of carbonyl (C=O) groups is 1. The maximum absolute atomic E-state index is 13.3. The highest BCUT2D eigenvalue weighted by Gasteiger charge is 2.21. The average Bonchev–Trinajstić information content (AvgIpc) is 2.66. The maximum Gasteiger partial charge on any atom is 0.261 e. The highest BCUT2D eigenvalue weighted by molar-refractivity contribution is 6.31.